The highest BCUT2D eigenvalue weighted by molar-refractivity contribution is 5.55. The van der Waals surface area contributed by atoms with Crippen molar-refractivity contribution >= 4 is 5.69 Å². The van der Waals surface area contributed by atoms with Crippen molar-refractivity contribution in [2.45, 2.75) is 19.6 Å². The van der Waals surface area contributed by atoms with Crippen molar-refractivity contribution in [1.82, 2.24) is 9.55 Å². The summed E-state index contributed by atoms with van der Waals surface area (Å²) in [4.78, 5) is 15.7. The first kappa shape index (κ1) is 14.9. The molecule has 0 unspecified atom stereocenters. The number of anilines is 1. The fourth-order valence-corrected chi connectivity index (χ4v) is 1.67. The number of hydrogen-bond donors (Lipinski definition) is 1. The van der Waals surface area contributed by atoms with Crippen LogP contribution < -0.4 is 16.0 Å². The molecular formula is C13H12F3N3O2. The van der Waals surface area contributed by atoms with E-state index in [1.165, 1.54) is 17.0 Å². The summed E-state index contributed by atoms with van der Waals surface area (Å²) in [7, 11) is 0. The van der Waals surface area contributed by atoms with Crippen LogP contribution in [0.4, 0.5) is 18.9 Å². The Morgan fingerprint density at radius 3 is 2.67 bits per heavy atom. The minimum atomic E-state index is -4.49. The Morgan fingerprint density at radius 2 is 2.10 bits per heavy atom. The molecule has 0 radical (unpaired) electrons. The van der Waals surface area contributed by atoms with Crippen molar-refractivity contribution in [2.24, 2.45) is 0 Å². The second-order valence-corrected chi connectivity index (χ2v) is 4.18. The van der Waals surface area contributed by atoms with Gasteiger partial charge >= 0.3 is 11.7 Å². The van der Waals surface area contributed by atoms with E-state index in [9.17, 15) is 18.0 Å². The third-order valence-electron chi connectivity index (χ3n) is 2.77. The Balaban J connectivity index is 2.35. The predicted octanol–water partition coefficient (Wildman–Crippen LogP) is 2.66. The number of alkyl halides is 3. The van der Waals surface area contributed by atoms with Crippen LogP contribution in [0.3, 0.4) is 0 Å². The molecule has 0 saturated heterocycles. The Morgan fingerprint density at radius 1 is 1.38 bits per heavy atom. The second kappa shape index (κ2) is 5.47. The van der Waals surface area contributed by atoms with Gasteiger partial charge in [-0.25, -0.2) is 4.98 Å². The van der Waals surface area contributed by atoms with Gasteiger partial charge in [-0.1, -0.05) is 0 Å². The van der Waals surface area contributed by atoms with Crippen LogP contribution in [0.25, 0.3) is 0 Å². The number of hydrogen-bond acceptors (Lipinski definition) is 4. The molecule has 0 aliphatic heterocycles. The second-order valence-electron chi connectivity index (χ2n) is 4.18. The molecule has 0 spiro atoms. The molecule has 2 aromatic rings. The summed E-state index contributed by atoms with van der Waals surface area (Å²) >= 11 is 0. The van der Waals surface area contributed by atoms with Crippen LogP contribution in [0.15, 0.2) is 35.4 Å². The van der Waals surface area contributed by atoms with E-state index in [1.807, 2.05) is 0 Å². The first-order chi connectivity index (χ1) is 9.82. The number of nitrogen functional groups attached to an aromatic ring is 1. The zero-order valence-electron chi connectivity index (χ0n) is 11.0. The fraction of sp³-hybridized carbons (Fsp3) is 0.231. The van der Waals surface area contributed by atoms with Gasteiger partial charge in [0.25, 0.3) is 5.88 Å². The highest BCUT2D eigenvalue weighted by atomic mass is 19.4. The molecule has 0 saturated carbocycles. The lowest BCUT2D eigenvalue weighted by Crippen LogP contribution is -2.20. The van der Waals surface area contributed by atoms with Crippen LogP contribution in [0.1, 0.15) is 12.5 Å². The van der Waals surface area contributed by atoms with Crippen LogP contribution in [0.5, 0.6) is 11.6 Å². The van der Waals surface area contributed by atoms with Crippen molar-refractivity contribution in [3.05, 3.63) is 46.5 Å². The molecule has 5 nitrogen and oxygen atoms in total. The zero-order chi connectivity index (χ0) is 15.6. The van der Waals surface area contributed by atoms with Crippen LogP contribution in [-0.4, -0.2) is 9.55 Å². The normalized spacial score (nSPS) is 11.4. The third kappa shape index (κ3) is 3.15. The van der Waals surface area contributed by atoms with E-state index in [1.54, 1.807) is 6.92 Å². The Labute approximate surface area is 117 Å². The van der Waals surface area contributed by atoms with E-state index in [-0.39, 0.29) is 17.3 Å². The molecule has 1 aromatic carbocycles. The molecule has 1 heterocycles. The van der Waals surface area contributed by atoms with E-state index in [0.29, 0.717) is 6.54 Å². The molecule has 8 heteroatoms. The van der Waals surface area contributed by atoms with Crippen molar-refractivity contribution < 1.29 is 17.9 Å². The topological polar surface area (TPSA) is 70.1 Å². The van der Waals surface area contributed by atoms with Gasteiger partial charge in [-0.05, 0) is 25.1 Å². The van der Waals surface area contributed by atoms with Crippen LogP contribution in [0, 0.1) is 0 Å². The number of aryl methyl sites for hydroxylation is 1. The van der Waals surface area contributed by atoms with Crippen molar-refractivity contribution in [3.8, 4) is 11.6 Å². The maximum Gasteiger partial charge on any atom is 0.416 e. The van der Waals surface area contributed by atoms with E-state index >= 15 is 0 Å². The predicted molar refractivity (Wildman–Crippen MR) is 70.1 cm³/mol. The van der Waals surface area contributed by atoms with Gasteiger partial charge < -0.3 is 15.0 Å². The molecule has 0 atom stereocenters. The SMILES string of the molecule is CCn1ccnc(Oc2ccc(C(F)(F)F)cc2N)c1=O. The number of benzene rings is 1. The van der Waals surface area contributed by atoms with E-state index < -0.39 is 17.3 Å². The Hall–Kier alpha value is -2.51. The maximum atomic E-state index is 12.5. The first-order valence-electron chi connectivity index (χ1n) is 6.03. The molecular weight excluding hydrogens is 287 g/mol. The van der Waals surface area contributed by atoms with E-state index in [0.717, 1.165) is 18.2 Å². The quantitative estimate of drug-likeness (QED) is 0.885. The highest BCUT2D eigenvalue weighted by Crippen LogP contribution is 2.34. The largest absolute Gasteiger partial charge is 0.432 e. The molecule has 2 rings (SSSR count). The molecule has 1 aromatic heterocycles. The number of ether oxygens (including phenoxy) is 1. The first-order valence-corrected chi connectivity index (χ1v) is 6.03. The van der Waals surface area contributed by atoms with Crippen molar-refractivity contribution in [1.29, 1.82) is 0 Å². The summed E-state index contributed by atoms with van der Waals surface area (Å²) in [6.45, 7) is 2.18. The smallest absolute Gasteiger partial charge is 0.416 e. The van der Waals surface area contributed by atoms with Gasteiger partial charge in [0.2, 0.25) is 0 Å². The van der Waals surface area contributed by atoms with Gasteiger partial charge in [0, 0.05) is 18.9 Å². The number of nitrogens with two attached hydrogens (primary N) is 1. The zero-order valence-corrected chi connectivity index (χ0v) is 11.0. The monoisotopic (exact) mass is 299 g/mol. The van der Waals surface area contributed by atoms with Crippen molar-refractivity contribution in [2.75, 3.05) is 5.73 Å². The van der Waals surface area contributed by atoms with Crippen LogP contribution >= 0.6 is 0 Å². The van der Waals surface area contributed by atoms with Crippen LogP contribution in [-0.2, 0) is 12.7 Å². The van der Waals surface area contributed by atoms with Gasteiger partial charge in [-0.15, -0.1) is 0 Å². The molecule has 0 fully saturated rings. The average Bonchev–Trinajstić information content (AvgIpc) is 2.42. The lowest BCUT2D eigenvalue weighted by molar-refractivity contribution is -0.137. The average molecular weight is 299 g/mol. The summed E-state index contributed by atoms with van der Waals surface area (Å²) in [6, 6.07) is 2.63. The summed E-state index contributed by atoms with van der Waals surface area (Å²) in [5.41, 5.74) is 3.92. The summed E-state index contributed by atoms with van der Waals surface area (Å²) < 4.78 is 44.1. The van der Waals surface area contributed by atoms with E-state index in [2.05, 4.69) is 4.98 Å². The summed E-state index contributed by atoms with van der Waals surface area (Å²) in [5.74, 6) is -0.299. The Bertz CT molecular complexity index is 711. The molecule has 21 heavy (non-hydrogen) atoms. The van der Waals surface area contributed by atoms with Crippen molar-refractivity contribution in [3.63, 3.8) is 0 Å². The maximum absolute atomic E-state index is 12.5. The standard InChI is InChI=1S/C13H12F3N3O2/c1-2-19-6-5-18-11(12(19)20)21-10-4-3-8(7-9(10)17)13(14,15)16/h3-7H,2,17H2,1H3. The molecule has 0 aliphatic rings. The summed E-state index contributed by atoms with van der Waals surface area (Å²) in [5, 5.41) is 0. The number of nitrogens with zero attached hydrogens (tertiary/aromatic N) is 2. The summed E-state index contributed by atoms with van der Waals surface area (Å²) in [6.07, 6.45) is -1.65. The molecule has 0 amide bonds. The molecule has 0 aliphatic carbocycles. The highest BCUT2D eigenvalue weighted by Gasteiger charge is 2.31. The van der Waals surface area contributed by atoms with Gasteiger partial charge in [0.15, 0.2) is 5.75 Å². The fourth-order valence-electron chi connectivity index (χ4n) is 1.67. The van der Waals surface area contributed by atoms with E-state index in [4.69, 9.17) is 10.5 Å². The number of aromatic nitrogens is 2. The van der Waals surface area contributed by atoms with Gasteiger partial charge in [-0.3, -0.25) is 4.79 Å². The minimum Gasteiger partial charge on any atom is -0.432 e. The third-order valence-corrected chi connectivity index (χ3v) is 2.77. The van der Waals surface area contributed by atoms with Gasteiger partial charge in [0.05, 0.1) is 11.3 Å². The number of halogens is 3. The lowest BCUT2D eigenvalue weighted by atomic mass is 10.2. The molecule has 2 N–H and O–H groups in total. The molecule has 0 bridgehead atoms. The number of rotatable bonds is 3. The Kier molecular flexibility index (Phi) is 3.88. The molecule has 112 valence electrons. The van der Waals surface area contributed by atoms with Gasteiger partial charge in [0.1, 0.15) is 0 Å². The van der Waals surface area contributed by atoms with Crippen LogP contribution in [0.2, 0.25) is 0 Å². The van der Waals surface area contributed by atoms with Gasteiger partial charge in [-0.2, -0.15) is 13.2 Å². The minimum absolute atomic E-state index is 0.0542. The lowest BCUT2D eigenvalue weighted by Gasteiger charge is -2.11.